The molecule has 0 spiro atoms. The molecule has 0 radical (unpaired) electrons. The largest absolute Gasteiger partial charge is 0.307 e. The molecule has 0 heterocycles. The van der Waals surface area contributed by atoms with E-state index in [9.17, 15) is 0 Å². The van der Waals surface area contributed by atoms with Crippen LogP contribution in [0.1, 0.15) is 58.1 Å². The number of benzene rings is 1. The molecule has 0 bridgehead atoms. The van der Waals surface area contributed by atoms with Crippen molar-refractivity contribution >= 4 is 0 Å². The fourth-order valence-corrected chi connectivity index (χ4v) is 2.63. The van der Waals surface area contributed by atoms with Gasteiger partial charge in [-0.1, -0.05) is 44.2 Å². The van der Waals surface area contributed by atoms with Crippen LogP contribution in [0, 0.1) is 11.8 Å². The van der Waals surface area contributed by atoms with Gasteiger partial charge in [-0.05, 0) is 50.0 Å². The van der Waals surface area contributed by atoms with Gasteiger partial charge < -0.3 is 5.32 Å². The van der Waals surface area contributed by atoms with Crippen LogP contribution < -0.4 is 5.32 Å². The number of hydrogen-bond donors (Lipinski definition) is 1. The van der Waals surface area contributed by atoms with Gasteiger partial charge in [-0.2, -0.15) is 0 Å². The monoisotopic (exact) mass is 245 g/mol. The second-order valence-corrected chi connectivity index (χ2v) is 6.21. The van der Waals surface area contributed by atoms with Crippen molar-refractivity contribution in [3.05, 3.63) is 35.9 Å². The summed E-state index contributed by atoms with van der Waals surface area (Å²) in [5.74, 6) is 1.76. The Bertz CT molecular complexity index is 340. The fourth-order valence-electron chi connectivity index (χ4n) is 2.63. The fraction of sp³-hybridized carbons (Fsp3) is 0.647. The Morgan fingerprint density at radius 3 is 2.28 bits per heavy atom. The Morgan fingerprint density at radius 1 is 1.06 bits per heavy atom. The lowest BCUT2D eigenvalue weighted by atomic mass is 9.98. The second kappa shape index (κ2) is 6.38. The van der Waals surface area contributed by atoms with Crippen molar-refractivity contribution in [2.75, 3.05) is 0 Å². The summed E-state index contributed by atoms with van der Waals surface area (Å²) in [5, 5.41) is 3.85. The molecule has 0 aromatic heterocycles. The van der Waals surface area contributed by atoms with Crippen molar-refractivity contribution in [3.8, 4) is 0 Å². The van der Waals surface area contributed by atoms with E-state index in [1.807, 2.05) is 0 Å². The van der Waals surface area contributed by atoms with Crippen LogP contribution in [0.4, 0.5) is 0 Å². The lowest BCUT2D eigenvalue weighted by Crippen LogP contribution is -2.33. The molecule has 1 nitrogen and oxygen atoms in total. The van der Waals surface area contributed by atoms with Gasteiger partial charge in [0.2, 0.25) is 0 Å². The van der Waals surface area contributed by atoms with Crippen molar-refractivity contribution in [1.29, 1.82) is 0 Å². The first-order valence-corrected chi connectivity index (χ1v) is 7.48. The maximum absolute atomic E-state index is 3.85. The van der Waals surface area contributed by atoms with E-state index in [2.05, 4.69) is 56.4 Å². The third-order valence-electron chi connectivity index (χ3n) is 4.01. The van der Waals surface area contributed by atoms with Crippen molar-refractivity contribution in [1.82, 2.24) is 5.32 Å². The summed E-state index contributed by atoms with van der Waals surface area (Å²) in [6, 6.07) is 12.0. The Morgan fingerprint density at radius 2 is 1.72 bits per heavy atom. The van der Waals surface area contributed by atoms with Gasteiger partial charge in [-0.15, -0.1) is 0 Å². The molecule has 0 amide bonds. The molecular weight excluding hydrogens is 218 g/mol. The lowest BCUT2D eigenvalue weighted by molar-refractivity contribution is 0.365. The average molecular weight is 245 g/mol. The molecule has 0 saturated heterocycles. The summed E-state index contributed by atoms with van der Waals surface area (Å²) in [6.07, 6.45) is 5.53. The summed E-state index contributed by atoms with van der Waals surface area (Å²) in [5.41, 5.74) is 1.41. The zero-order valence-electron chi connectivity index (χ0n) is 12.0. The van der Waals surface area contributed by atoms with E-state index in [4.69, 9.17) is 0 Å². The minimum absolute atomic E-state index is 0.476. The number of nitrogens with one attached hydrogen (secondary N) is 1. The number of rotatable bonds is 7. The molecule has 1 aromatic carbocycles. The van der Waals surface area contributed by atoms with Gasteiger partial charge >= 0.3 is 0 Å². The van der Waals surface area contributed by atoms with E-state index in [1.165, 1.54) is 31.2 Å². The van der Waals surface area contributed by atoms with Gasteiger partial charge in [0, 0.05) is 12.1 Å². The minimum atomic E-state index is 0.476. The predicted octanol–water partition coefficient (Wildman–Crippen LogP) is 4.55. The molecule has 1 aromatic rings. The first-order chi connectivity index (χ1) is 8.66. The van der Waals surface area contributed by atoms with Gasteiger partial charge in [0.15, 0.2) is 0 Å². The van der Waals surface area contributed by atoms with Crippen LogP contribution in [0.25, 0.3) is 0 Å². The Balaban J connectivity index is 1.88. The summed E-state index contributed by atoms with van der Waals surface area (Å²) in [6.45, 7) is 6.94. The summed E-state index contributed by atoms with van der Waals surface area (Å²) in [7, 11) is 0. The molecule has 1 N–H and O–H groups in total. The van der Waals surface area contributed by atoms with Crippen LogP contribution in [0.2, 0.25) is 0 Å². The van der Waals surface area contributed by atoms with Crippen LogP contribution in [0.5, 0.6) is 0 Å². The normalized spacial score (nSPS) is 18.9. The van der Waals surface area contributed by atoms with E-state index in [0.717, 1.165) is 17.9 Å². The third kappa shape index (κ3) is 4.13. The molecule has 100 valence electrons. The van der Waals surface area contributed by atoms with Crippen molar-refractivity contribution in [2.45, 2.75) is 58.5 Å². The molecule has 2 unspecified atom stereocenters. The molecule has 1 fully saturated rings. The zero-order chi connectivity index (χ0) is 13.0. The van der Waals surface area contributed by atoms with Gasteiger partial charge in [0.1, 0.15) is 0 Å². The lowest BCUT2D eigenvalue weighted by Gasteiger charge is -2.24. The first kappa shape index (κ1) is 13.6. The van der Waals surface area contributed by atoms with Crippen molar-refractivity contribution < 1.29 is 0 Å². The maximum atomic E-state index is 3.85. The van der Waals surface area contributed by atoms with E-state index in [1.54, 1.807) is 0 Å². The summed E-state index contributed by atoms with van der Waals surface area (Å²) >= 11 is 0. The molecule has 1 saturated carbocycles. The summed E-state index contributed by atoms with van der Waals surface area (Å²) in [4.78, 5) is 0. The van der Waals surface area contributed by atoms with Crippen molar-refractivity contribution in [2.24, 2.45) is 11.8 Å². The number of hydrogen-bond acceptors (Lipinski definition) is 1. The molecule has 1 aliphatic carbocycles. The van der Waals surface area contributed by atoms with E-state index in [0.29, 0.717) is 6.04 Å². The van der Waals surface area contributed by atoms with Gasteiger partial charge in [0.25, 0.3) is 0 Å². The Hall–Kier alpha value is -0.820. The molecule has 1 heteroatoms. The standard InChI is InChI=1S/C17H27N/c1-13(2)9-12-17(16-10-11-16)18-14(3)15-7-5-4-6-8-15/h4-8,13-14,16-18H,9-12H2,1-3H3. The molecule has 2 atom stereocenters. The molecule has 18 heavy (non-hydrogen) atoms. The third-order valence-corrected chi connectivity index (χ3v) is 4.01. The highest BCUT2D eigenvalue weighted by Crippen LogP contribution is 2.36. The van der Waals surface area contributed by atoms with E-state index in [-0.39, 0.29) is 0 Å². The van der Waals surface area contributed by atoms with Gasteiger partial charge in [-0.25, -0.2) is 0 Å². The minimum Gasteiger partial charge on any atom is -0.307 e. The van der Waals surface area contributed by atoms with Crippen LogP contribution in [0.3, 0.4) is 0 Å². The predicted molar refractivity (Wildman–Crippen MR) is 78.6 cm³/mol. The van der Waals surface area contributed by atoms with E-state index >= 15 is 0 Å². The van der Waals surface area contributed by atoms with Gasteiger partial charge in [-0.3, -0.25) is 0 Å². The first-order valence-electron chi connectivity index (χ1n) is 7.48. The zero-order valence-corrected chi connectivity index (χ0v) is 12.0. The highest BCUT2D eigenvalue weighted by Gasteiger charge is 2.31. The highest BCUT2D eigenvalue weighted by molar-refractivity contribution is 5.18. The van der Waals surface area contributed by atoms with Gasteiger partial charge in [0.05, 0.1) is 0 Å². The van der Waals surface area contributed by atoms with Crippen LogP contribution in [-0.2, 0) is 0 Å². The summed E-state index contributed by atoms with van der Waals surface area (Å²) < 4.78 is 0. The molecule has 0 aliphatic heterocycles. The quantitative estimate of drug-likeness (QED) is 0.743. The highest BCUT2D eigenvalue weighted by atomic mass is 15.0. The second-order valence-electron chi connectivity index (χ2n) is 6.21. The van der Waals surface area contributed by atoms with E-state index < -0.39 is 0 Å². The maximum Gasteiger partial charge on any atom is 0.0294 e. The van der Waals surface area contributed by atoms with Crippen LogP contribution in [0.15, 0.2) is 30.3 Å². The molecule has 2 rings (SSSR count). The molecular formula is C17H27N. The SMILES string of the molecule is CC(C)CCC(NC(C)c1ccccc1)C1CC1. The van der Waals surface area contributed by atoms with Crippen LogP contribution >= 0.6 is 0 Å². The molecule has 1 aliphatic rings. The smallest absolute Gasteiger partial charge is 0.0294 e. The Kier molecular flexibility index (Phi) is 4.82. The topological polar surface area (TPSA) is 12.0 Å². The average Bonchev–Trinajstić information content (AvgIpc) is 3.19. The Labute approximate surface area is 112 Å². The van der Waals surface area contributed by atoms with Crippen LogP contribution in [-0.4, -0.2) is 6.04 Å². The van der Waals surface area contributed by atoms with Crippen molar-refractivity contribution in [3.63, 3.8) is 0 Å².